The van der Waals surface area contributed by atoms with E-state index < -0.39 is 0 Å². The van der Waals surface area contributed by atoms with Crippen molar-refractivity contribution < 1.29 is 4.74 Å². The molecule has 108 valence electrons. The van der Waals surface area contributed by atoms with Gasteiger partial charge < -0.3 is 15.4 Å². The summed E-state index contributed by atoms with van der Waals surface area (Å²) in [5.41, 5.74) is 2.58. The summed E-state index contributed by atoms with van der Waals surface area (Å²) in [5.74, 6) is 1.71. The third kappa shape index (κ3) is 5.62. The Bertz CT molecular complexity index is 366. The molecule has 1 rings (SSSR count). The van der Waals surface area contributed by atoms with Crippen LogP contribution < -0.4 is 15.4 Å². The average Bonchev–Trinajstić information content (AvgIpc) is 2.42. The van der Waals surface area contributed by atoms with E-state index in [0.29, 0.717) is 5.92 Å². The molecule has 2 N–H and O–H groups in total. The number of hydrogen-bond donors (Lipinski definition) is 2. The van der Waals surface area contributed by atoms with Crippen LogP contribution >= 0.6 is 0 Å². The standard InChI is InChI=1S/C16H28N2O/c1-5-14(11-17-3)12-18-9-8-15-10-13(2)6-7-16(15)19-4/h6-7,10,14,17-18H,5,8-9,11-12H2,1-4H3. The van der Waals surface area contributed by atoms with Crippen molar-refractivity contribution in [3.05, 3.63) is 29.3 Å². The highest BCUT2D eigenvalue weighted by Gasteiger charge is 2.06. The lowest BCUT2D eigenvalue weighted by atomic mass is 10.1. The molecule has 0 aliphatic carbocycles. The van der Waals surface area contributed by atoms with Crippen molar-refractivity contribution in [3.8, 4) is 5.75 Å². The second-order valence-electron chi connectivity index (χ2n) is 5.10. The van der Waals surface area contributed by atoms with Gasteiger partial charge in [-0.25, -0.2) is 0 Å². The summed E-state index contributed by atoms with van der Waals surface area (Å²) in [6, 6.07) is 6.36. The molecule has 1 aromatic carbocycles. The Labute approximate surface area is 117 Å². The summed E-state index contributed by atoms with van der Waals surface area (Å²) in [6.45, 7) is 7.52. The Morgan fingerprint density at radius 2 is 2.05 bits per heavy atom. The Kier molecular flexibility index (Phi) is 7.53. The van der Waals surface area contributed by atoms with Gasteiger partial charge in [0.25, 0.3) is 0 Å². The van der Waals surface area contributed by atoms with E-state index in [4.69, 9.17) is 4.74 Å². The number of methoxy groups -OCH3 is 1. The van der Waals surface area contributed by atoms with Gasteiger partial charge in [-0.2, -0.15) is 0 Å². The Hall–Kier alpha value is -1.06. The first kappa shape index (κ1) is 16.0. The van der Waals surface area contributed by atoms with Gasteiger partial charge in [-0.1, -0.05) is 31.0 Å². The van der Waals surface area contributed by atoms with E-state index in [9.17, 15) is 0 Å². The molecule has 0 saturated heterocycles. The topological polar surface area (TPSA) is 33.3 Å². The van der Waals surface area contributed by atoms with Crippen LogP contribution in [0.5, 0.6) is 5.75 Å². The maximum absolute atomic E-state index is 5.40. The molecule has 0 aliphatic rings. The molecular formula is C16H28N2O. The zero-order valence-electron chi connectivity index (χ0n) is 12.8. The third-order valence-electron chi connectivity index (χ3n) is 3.51. The number of rotatable bonds is 9. The highest BCUT2D eigenvalue weighted by atomic mass is 16.5. The van der Waals surface area contributed by atoms with E-state index in [1.807, 2.05) is 7.05 Å². The van der Waals surface area contributed by atoms with Crippen molar-refractivity contribution in [3.63, 3.8) is 0 Å². The van der Waals surface area contributed by atoms with E-state index in [1.54, 1.807) is 7.11 Å². The maximum atomic E-state index is 5.40. The van der Waals surface area contributed by atoms with Crippen molar-refractivity contribution in [1.82, 2.24) is 10.6 Å². The lowest BCUT2D eigenvalue weighted by Crippen LogP contribution is -2.30. The normalized spacial score (nSPS) is 12.4. The van der Waals surface area contributed by atoms with Crippen molar-refractivity contribution in [2.75, 3.05) is 33.8 Å². The van der Waals surface area contributed by atoms with Crippen molar-refractivity contribution in [2.24, 2.45) is 5.92 Å². The number of ether oxygens (including phenoxy) is 1. The summed E-state index contributed by atoms with van der Waals surface area (Å²) in [6.07, 6.45) is 2.22. The average molecular weight is 264 g/mol. The second kappa shape index (κ2) is 8.94. The van der Waals surface area contributed by atoms with Crippen LogP contribution in [0.15, 0.2) is 18.2 Å². The SMILES string of the molecule is CCC(CNC)CNCCc1cc(C)ccc1OC. The lowest BCUT2D eigenvalue weighted by molar-refractivity contribution is 0.407. The van der Waals surface area contributed by atoms with Crippen LogP contribution in [0.2, 0.25) is 0 Å². The fraction of sp³-hybridized carbons (Fsp3) is 0.625. The van der Waals surface area contributed by atoms with E-state index in [-0.39, 0.29) is 0 Å². The fourth-order valence-electron chi connectivity index (χ4n) is 2.28. The van der Waals surface area contributed by atoms with Gasteiger partial charge in [0.05, 0.1) is 7.11 Å². The van der Waals surface area contributed by atoms with Gasteiger partial charge in [0.2, 0.25) is 0 Å². The van der Waals surface area contributed by atoms with Crippen molar-refractivity contribution in [2.45, 2.75) is 26.7 Å². The first-order chi connectivity index (χ1) is 9.21. The molecule has 3 nitrogen and oxygen atoms in total. The Morgan fingerprint density at radius 1 is 1.26 bits per heavy atom. The molecule has 0 aliphatic heterocycles. The van der Waals surface area contributed by atoms with Gasteiger partial charge in [-0.15, -0.1) is 0 Å². The zero-order chi connectivity index (χ0) is 14.1. The lowest BCUT2D eigenvalue weighted by Gasteiger charge is -2.15. The van der Waals surface area contributed by atoms with Gasteiger partial charge in [0, 0.05) is 0 Å². The Balaban J connectivity index is 2.38. The van der Waals surface area contributed by atoms with Gasteiger partial charge in [-0.3, -0.25) is 0 Å². The van der Waals surface area contributed by atoms with Gasteiger partial charge in [-0.05, 0) is 57.6 Å². The van der Waals surface area contributed by atoms with E-state index in [1.165, 1.54) is 17.5 Å². The molecule has 1 unspecified atom stereocenters. The molecule has 1 atom stereocenters. The van der Waals surface area contributed by atoms with Crippen LogP contribution in [0, 0.1) is 12.8 Å². The quantitative estimate of drug-likeness (QED) is 0.672. The summed E-state index contributed by atoms with van der Waals surface area (Å²) in [5, 5.41) is 6.79. The molecule has 0 radical (unpaired) electrons. The molecule has 1 aromatic rings. The predicted octanol–water partition coefficient (Wildman–Crippen LogP) is 2.38. The van der Waals surface area contributed by atoms with Crippen LogP contribution in [0.4, 0.5) is 0 Å². The summed E-state index contributed by atoms with van der Waals surface area (Å²) in [4.78, 5) is 0. The van der Waals surface area contributed by atoms with Crippen molar-refractivity contribution >= 4 is 0 Å². The van der Waals surface area contributed by atoms with E-state index >= 15 is 0 Å². The minimum atomic E-state index is 0.712. The molecule has 0 aromatic heterocycles. The monoisotopic (exact) mass is 264 g/mol. The third-order valence-corrected chi connectivity index (χ3v) is 3.51. The zero-order valence-corrected chi connectivity index (χ0v) is 12.8. The first-order valence-corrected chi connectivity index (χ1v) is 7.20. The van der Waals surface area contributed by atoms with Gasteiger partial charge in [0.15, 0.2) is 0 Å². The highest BCUT2D eigenvalue weighted by molar-refractivity contribution is 5.37. The van der Waals surface area contributed by atoms with Crippen LogP contribution in [0.3, 0.4) is 0 Å². The predicted molar refractivity (Wildman–Crippen MR) is 82.0 cm³/mol. The molecule has 19 heavy (non-hydrogen) atoms. The number of nitrogens with one attached hydrogen (secondary N) is 2. The molecule has 0 heterocycles. The van der Waals surface area contributed by atoms with Gasteiger partial charge in [0.1, 0.15) is 5.75 Å². The summed E-state index contributed by atoms with van der Waals surface area (Å²) in [7, 11) is 3.75. The molecule has 0 fully saturated rings. The number of aryl methyl sites for hydroxylation is 1. The molecule has 3 heteroatoms. The van der Waals surface area contributed by atoms with Gasteiger partial charge >= 0.3 is 0 Å². The minimum absolute atomic E-state index is 0.712. The first-order valence-electron chi connectivity index (χ1n) is 7.20. The minimum Gasteiger partial charge on any atom is -0.496 e. The molecular weight excluding hydrogens is 236 g/mol. The summed E-state index contributed by atoms with van der Waals surface area (Å²) < 4.78 is 5.40. The summed E-state index contributed by atoms with van der Waals surface area (Å²) >= 11 is 0. The van der Waals surface area contributed by atoms with Crippen LogP contribution in [0.1, 0.15) is 24.5 Å². The van der Waals surface area contributed by atoms with Crippen LogP contribution in [-0.2, 0) is 6.42 Å². The molecule has 0 saturated carbocycles. The van der Waals surface area contributed by atoms with Crippen LogP contribution in [-0.4, -0.2) is 33.8 Å². The van der Waals surface area contributed by atoms with E-state index in [0.717, 1.165) is 31.8 Å². The van der Waals surface area contributed by atoms with E-state index in [2.05, 4.69) is 42.7 Å². The maximum Gasteiger partial charge on any atom is 0.122 e. The fourth-order valence-corrected chi connectivity index (χ4v) is 2.28. The Morgan fingerprint density at radius 3 is 2.68 bits per heavy atom. The van der Waals surface area contributed by atoms with Crippen LogP contribution in [0.25, 0.3) is 0 Å². The molecule has 0 bridgehead atoms. The smallest absolute Gasteiger partial charge is 0.122 e. The van der Waals surface area contributed by atoms with Crippen molar-refractivity contribution in [1.29, 1.82) is 0 Å². The molecule has 0 amide bonds. The largest absolute Gasteiger partial charge is 0.496 e. The number of hydrogen-bond acceptors (Lipinski definition) is 3. The highest BCUT2D eigenvalue weighted by Crippen LogP contribution is 2.19. The second-order valence-corrected chi connectivity index (χ2v) is 5.10. The number of benzene rings is 1. The molecule has 0 spiro atoms.